The molecule has 3 aliphatic carbocycles. The van der Waals surface area contributed by atoms with E-state index in [0.717, 1.165) is 18.3 Å². The molecule has 2 saturated carbocycles. The molecule has 0 aromatic heterocycles. The first-order valence-corrected chi connectivity index (χ1v) is 5.85. The summed E-state index contributed by atoms with van der Waals surface area (Å²) in [6.45, 7) is 6.61. The van der Waals surface area contributed by atoms with Gasteiger partial charge >= 0.3 is 0 Å². The normalized spacial score (nSPS) is 60.3. The molecule has 14 heavy (non-hydrogen) atoms. The second kappa shape index (κ2) is 2.27. The highest BCUT2D eigenvalue weighted by molar-refractivity contribution is 5.27. The highest BCUT2D eigenvalue weighted by Gasteiger charge is 2.65. The fourth-order valence-electron chi connectivity index (χ4n) is 4.71. The summed E-state index contributed by atoms with van der Waals surface area (Å²) in [6, 6.07) is 0. The van der Waals surface area contributed by atoms with Gasteiger partial charge in [-0.3, -0.25) is 0 Å². The summed E-state index contributed by atoms with van der Waals surface area (Å²) in [5.41, 5.74) is 1.29. The predicted octanol–water partition coefficient (Wildman–Crippen LogP) is 2.75. The lowest BCUT2D eigenvalue weighted by atomic mass is 9.63. The standard InChI is InChI=1S/C13H20O/c1-8-4-5-10-9-6-12(2,11(8)10)13(3,14)7-9/h4,9-11,14H,5-7H2,1-3H3. The summed E-state index contributed by atoms with van der Waals surface area (Å²) < 4.78 is 0. The zero-order valence-electron chi connectivity index (χ0n) is 9.38. The molecule has 5 atom stereocenters. The first-order chi connectivity index (χ1) is 6.46. The number of hydrogen-bond donors (Lipinski definition) is 1. The Morgan fingerprint density at radius 2 is 2.07 bits per heavy atom. The van der Waals surface area contributed by atoms with Crippen molar-refractivity contribution in [3.8, 4) is 0 Å². The Balaban J connectivity index is 2.07. The van der Waals surface area contributed by atoms with Gasteiger partial charge in [0.25, 0.3) is 0 Å². The lowest BCUT2D eigenvalue weighted by Crippen LogP contribution is -2.47. The smallest absolute Gasteiger partial charge is 0.0681 e. The van der Waals surface area contributed by atoms with Crippen molar-refractivity contribution in [3.05, 3.63) is 11.6 Å². The maximum atomic E-state index is 10.5. The molecule has 3 rings (SSSR count). The monoisotopic (exact) mass is 192 g/mol. The summed E-state index contributed by atoms with van der Waals surface area (Å²) in [5.74, 6) is 2.32. The molecular weight excluding hydrogens is 172 g/mol. The van der Waals surface area contributed by atoms with Gasteiger partial charge in [-0.25, -0.2) is 0 Å². The second-order valence-electron chi connectivity index (χ2n) is 6.19. The Labute approximate surface area is 86.2 Å². The fourth-order valence-corrected chi connectivity index (χ4v) is 4.71. The summed E-state index contributed by atoms with van der Waals surface area (Å²) >= 11 is 0. The van der Waals surface area contributed by atoms with Gasteiger partial charge in [0.15, 0.2) is 0 Å². The van der Waals surface area contributed by atoms with Crippen LogP contribution in [-0.2, 0) is 0 Å². The summed E-state index contributed by atoms with van der Waals surface area (Å²) in [4.78, 5) is 0. The molecule has 1 heteroatoms. The van der Waals surface area contributed by atoms with E-state index in [2.05, 4.69) is 26.8 Å². The third-order valence-corrected chi connectivity index (χ3v) is 5.50. The largest absolute Gasteiger partial charge is 0.390 e. The van der Waals surface area contributed by atoms with Crippen LogP contribution in [0.1, 0.15) is 40.0 Å². The molecule has 0 aromatic rings. The molecule has 1 N–H and O–H groups in total. The zero-order chi connectivity index (χ0) is 10.1. The lowest BCUT2D eigenvalue weighted by Gasteiger charge is -2.45. The van der Waals surface area contributed by atoms with Gasteiger partial charge in [0.1, 0.15) is 0 Å². The van der Waals surface area contributed by atoms with Crippen molar-refractivity contribution in [2.75, 3.05) is 0 Å². The average molecular weight is 192 g/mol. The average Bonchev–Trinajstić information content (AvgIpc) is 2.61. The van der Waals surface area contributed by atoms with Crippen LogP contribution in [0, 0.1) is 23.2 Å². The van der Waals surface area contributed by atoms with E-state index >= 15 is 0 Å². The van der Waals surface area contributed by atoms with E-state index < -0.39 is 5.60 Å². The topological polar surface area (TPSA) is 20.2 Å². The number of allylic oxidation sites excluding steroid dienone is 2. The van der Waals surface area contributed by atoms with Crippen molar-refractivity contribution in [3.63, 3.8) is 0 Å². The molecule has 0 radical (unpaired) electrons. The van der Waals surface area contributed by atoms with Gasteiger partial charge < -0.3 is 5.11 Å². The van der Waals surface area contributed by atoms with Crippen molar-refractivity contribution >= 4 is 0 Å². The van der Waals surface area contributed by atoms with Crippen LogP contribution in [0.3, 0.4) is 0 Å². The molecule has 3 aliphatic rings. The Kier molecular flexibility index (Phi) is 1.45. The summed E-state index contributed by atoms with van der Waals surface area (Å²) in [5, 5.41) is 10.5. The van der Waals surface area contributed by atoms with Crippen LogP contribution in [-0.4, -0.2) is 10.7 Å². The van der Waals surface area contributed by atoms with Crippen molar-refractivity contribution in [1.82, 2.24) is 0 Å². The molecule has 0 spiro atoms. The van der Waals surface area contributed by atoms with Gasteiger partial charge in [-0.2, -0.15) is 0 Å². The Bertz CT molecular complexity index is 315. The molecule has 5 unspecified atom stereocenters. The van der Waals surface area contributed by atoms with Gasteiger partial charge in [0, 0.05) is 5.41 Å². The van der Waals surface area contributed by atoms with Gasteiger partial charge in [-0.1, -0.05) is 18.6 Å². The maximum Gasteiger partial charge on any atom is 0.0681 e. The molecule has 78 valence electrons. The molecule has 0 aromatic carbocycles. The molecule has 1 nitrogen and oxygen atoms in total. The van der Waals surface area contributed by atoms with Crippen LogP contribution in [0.5, 0.6) is 0 Å². The van der Waals surface area contributed by atoms with Crippen molar-refractivity contribution in [1.29, 1.82) is 0 Å². The number of rotatable bonds is 0. The minimum absolute atomic E-state index is 0.166. The Morgan fingerprint density at radius 1 is 1.36 bits per heavy atom. The van der Waals surface area contributed by atoms with E-state index in [1.54, 1.807) is 5.57 Å². The number of fused-ring (bicyclic) bond motifs is 5. The number of hydrogen-bond acceptors (Lipinski definition) is 1. The van der Waals surface area contributed by atoms with Crippen LogP contribution in [0.15, 0.2) is 11.6 Å². The fraction of sp³-hybridized carbons (Fsp3) is 0.846. The van der Waals surface area contributed by atoms with E-state index in [0.29, 0.717) is 5.92 Å². The molecule has 2 bridgehead atoms. The van der Waals surface area contributed by atoms with E-state index in [1.165, 1.54) is 12.8 Å². The highest BCUT2D eigenvalue weighted by atomic mass is 16.3. The van der Waals surface area contributed by atoms with Gasteiger partial charge in [-0.05, 0) is 50.9 Å². The lowest BCUT2D eigenvalue weighted by molar-refractivity contribution is -0.0799. The zero-order valence-corrected chi connectivity index (χ0v) is 9.38. The van der Waals surface area contributed by atoms with Crippen LogP contribution < -0.4 is 0 Å². The van der Waals surface area contributed by atoms with Gasteiger partial charge in [-0.15, -0.1) is 0 Å². The minimum Gasteiger partial charge on any atom is -0.390 e. The van der Waals surface area contributed by atoms with Crippen molar-refractivity contribution < 1.29 is 5.11 Å². The second-order valence-corrected chi connectivity index (χ2v) is 6.19. The summed E-state index contributed by atoms with van der Waals surface area (Å²) in [6.07, 6.45) is 5.96. The number of aliphatic hydroxyl groups is 1. The quantitative estimate of drug-likeness (QED) is 0.585. The molecule has 0 saturated heterocycles. The molecule has 0 aliphatic heterocycles. The SMILES string of the molecule is CC1=CCC2C3CC(C)(O)C(C)(C3)C12. The van der Waals surface area contributed by atoms with E-state index in [9.17, 15) is 5.11 Å². The van der Waals surface area contributed by atoms with Gasteiger partial charge in [0.2, 0.25) is 0 Å². The first-order valence-electron chi connectivity index (χ1n) is 5.85. The van der Waals surface area contributed by atoms with Crippen molar-refractivity contribution in [2.24, 2.45) is 23.2 Å². The van der Waals surface area contributed by atoms with Gasteiger partial charge in [0.05, 0.1) is 5.60 Å². The Morgan fingerprint density at radius 3 is 2.79 bits per heavy atom. The maximum absolute atomic E-state index is 10.5. The minimum atomic E-state index is -0.418. The van der Waals surface area contributed by atoms with E-state index in [-0.39, 0.29) is 5.41 Å². The predicted molar refractivity (Wildman–Crippen MR) is 56.8 cm³/mol. The van der Waals surface area contributed by atoms with Crippen LogP contribution in [0.25, 0.3) is 0 Å². The third-order valence-electron chi connectivity index (χ3n) is 5.50. The Hall–Kier alpha value is -0.300. The third kappa shape index (κ3) is 0.770. The molecular formula is C13H20O. The molecule has 0 amide bonds. The molecule has 0 heterocycles. The highest BCUT2D eigenvalue weighted by Crippen LogP contribution is 2.68. The van der Waals surface area contributed by atoms with E-state index in [4.69, 9.17) is 0 Å². The summed E-state index contributed by atoms with van der Waals surface area (Å²) in [7, 11) is 0. The molecule has 2 fully saturated rings. The van der Waals surface area contributed by atoms with Crippen LogP contribution in [0.4, 0.5) is 0 Å². The van der Waals surface area contributed by atoms with Crippen LogP contribution in [0.2, 0.25) is 0 Å². The van der Waals surface area contributed by atoms with E-state index in [1.807, 2.05) is 0 Å². The first kappa shape index (κ1) is 8.96. The van der Waals surface area contributed by atoms with Crippen LogP contribution >= 0.6 is 0 Å². The van der Waals surface area contributed by atoms with Crippen molar-refractivity contribution in [2.45, 2.75) is 45.6 Å².